The molecule has 1 N–H and O–H groups in total. The first-order chi connectivity index (χ1) is 15.3. The van der Waals surface area contributed by atoms with E-state index in [1.54, 1.807) is 69.3 Å². The number of anilines is 1. The van der Waals surface area contributed by atoms with Gasteiger partial charge in [-0.25, -0.2) is 18.6 Å². The van der Waals surface area contributed by atoms with Crippen molar-refractivity contribution in [1.82, 2.24) is 5.43 Å². The molecule has 0 saturated carbocycles. The lowest BCUT2D eigenvalue weighted by Crippen LogP contribution is -2.39. The first-order valence-electron chi connectivity index (χ1n) is 9.83. The number of benzene rings is 2. The zero-order chi connectivity index (χ0) is 24.6. The molecule has 0 atom stereocenters. The van der Waals surface area contributed by atoms with Crippen molar-refractivity contribution >= 4 is 49.7 Å². The van der Waals surface area contributed by atoms with Crippen molar-refractivity contribution in [2.45, 2.75) is 26.4 Å². The molecular formula is C22H26BrN3O6S. The molecule has 0 fully saturated rings. The fraction of sp³-hybridized carbons (Fsp3) is 0.318. The van der Waals surface area contributed by atoms with E-state index >= 15 is 0 Å². The van der Waals surface area contributed by atoms with Gasteiger partial charge in [0, 0.05) is 4.47 Å². The van der Waals surface area contributed by atoms with E-state index in [2.05, 4.69) is 26.5 Å². The Labute approximate surface area is 201 Å². The van der Waals surface area contributed by atoms with Crippen molar-refractivity contribution in [1.29, 1.82) is 0 Å². The van der Waals surface area contributed by atoms with Gasteiger partial charge in [0.25, 0.3) is 5.91 Å². The summed E-state index contributed by atoms with van der Waals surface area (Å²) in [5.41, 5.74) is 2.75. The highest BCUT2D eigenvalue weighted by Gasteiger charge is 2.21. The molecule has 11 heteroatoms. The molecule has 0 radical (unpaired) electrons. The average molecular weight is 540 g/mol. The Balaban J connectivity index is 1.91. The van der Waals surface area contributed by atoms with Gasteiger partial charge in [-0.1, -0.05) is 22.0 Å². The number of rotatable bonds is 9. The van der Waals surface area contributed by atoms with Crippen molar-refractivity contribution in [2.75, 3.05) is 23.7 Å². The molecule has 178 valence electrons. The number of amides is 1. The Morgan fingerprint density at radius 1 is 1.15 bits per heavy atom. The number of hydrazone groups is 1. The topological polar surface area (TPSA) is 114 Å². The molecular weight excluding hydrogens is 514 g/mol. The highest BCUT2D eigenvalue weighted by molar-refractivity contribution is 9.10. The van der Waals surface area contributed by atoms with Gasteiger partial charge in [0.1, 0.15) is 17.9 Å². The summed E-state index contributed by atoms with van der Waals surface area (Å²) in [4.78, 5) is 23.9. The molecule has 0 aromatic heterocycles. The molecule has 0 aliphatic carbocycles. The number of nitrogens with zero attached hydrogens (tertiary/aromatic N) is 2. The van der Waals surface area contributed by atoms with Gasteiger partial charge in [0.05, 0.1) is 18.2 Å². The number of sulfonamides is 1. The maximum absolute atomic E-state index is 12.2. The summed E-state index contributed by atoms with van der Waals surface area (Å²) in [5, 5.41) is 3.86. The van der Waals surface area contributed by atoms with Crippen LogP contribution in [0.15, 0.2) is 58.1 Å². The van der Waals surface area contributed by atoms with Gasteiger partial charge in [-0.15, -0.1) is 0 Å². The third-order valence-corrected chi connectivity index (χ3v) is 5.48. The summed E-state index contributed by atoms with van der Waals surface area (Å²) in [6.07, 6.45) is 2.43. The second-order valence-electron chi connectivity index (χ2n) is 7.99. The zero-order valence-corrected chi connectivity index (χ0v) is 21.1. The SMILES string of the molecule is CC(C)(C)OC(=O)COc1ccc(/C=N\NC(=O)CN(c2cccc(Br)c2)S(C)(=O)=O)cc1. The summed E-state index contributed by atoms with van der Waals surface area (Å²) >= 11 is 3.29. The van der Waals surface area contributed by atoms with Gasteiger partial charge in [-0.3, -0.25) is 9.10 Å². The molecule has 1 amide bonds. The normalized spacial score (nSPS) is 11.8. The fourth-order valence-corrected chi connectivity index (χ4v) is 3.77. The van der Waals surface area contributed by atoms with Crippen LogP contribution in [0.4, 0.5) is 5.69 Å². The number of carbonyl (C=O) groups is 2. The minimum atomic E-state index is -3.68. The van der Waals surface area contributed by atoms with E-state index in [1.165, 1.54) is 6.21 Å². The average Bonchev–Trinajstić information content (AvgIpc) is 2.69. The number of hydrogen-bond donors (Lipinski definition) is 1. The number of esters is 1. The van der Waals surface area contributed by atoms with Gasteiger partial charge >= 0.3 is 5.97 Å². The minimum absolute atomic E-state index is 0.213. The maximum Gasteiger partial charge on any atom is 0.344 e. The molecule has 0 unspecified atom stereocenters. The zero-order valence-electron chi connectivity index (χ0n) is 18.7. The monoisotopic (exact) mass is 539 g/mol. The van der Waals surface area contributed by atoms with Gasteiger partial charge in [0.15, 0.2) is 6.61 Å². The van der Waals surface area contributed by atoms with Gasteiger partial charge < -0.3 is 9.47 Å². The highest BCUT2D eigenvalue weighted by atomic mass is 79.9. The summed E-state index contributed by atoms with van der Waals surface area (Å²) in [6.45, 7) is 4.69. The molecule has 0 saturated heterocycles. The van der Waals surface area contributed by atoms with Crippen LogP contribution in [-0.2, 0) is 24.3 Å². The second-order valence-corrected chi connectivity index (χ2v) is 10.8. The molecule has 9 nitrogen and oxygen atoms in total. The summed E-state index contributed by atoms with van der Waals surface area (Å²) < 4.78 is 36.5. The number of carbonyl (C=O) groups excluding carboxylic acids is 2. The van der Waals surface area contributed by atoms with Crippen LogP contribution in [0.1, 0.15) is 26.3 Å². The second kappa shape index (κ2) is 11.3. The third kappa shape index (κ3) is 9.62. The quantitative estimate of drug-likeness (QED) is 0.297. The van der Waals surface area contributed by atoms with E-state index in [9.17, 15) is 18.0 Å². The predicted octanol–water partition coefficient (Wildman–Crippen LogP) is 3.09. The lowest BCUT2D eigenvalue weighted by molar-refractivity contribution is -0.157. The Bertz CT molecular complexity index is 1110. The van der Waals surface area contributed by atoms with Crippen molar-refractivity contribution in [3.8, 4) is 5.75 Å². The minimum Gasteiger partial charge on any atom is -0.482 e. The Kier molecular flexibility index (Phi) is 9.00. The summed E-state index contributed by atoms with van der Waals surface area (Å²) in [7, 11) is -3.68. The van der Waals surface area contributed by atoms with E-state index in [0.29, 0.717) is 21.5 Å². The largest absolute Gasteiger partial charge is 0.482 e. The Hall–Kier alpha value is -2.92. The van der Waals surface area contributed by atoms with Crippen molar-refractivity contribution < 1.29 is 27.5 Å². The molecule has 2 rings (SSSR count). The molecule has 0 aliphatic rings. The van der Waals surface area contributed by atoms with Crippen molar-refractivity contribution in [3.05, 3.63) is 58.6 Å². The molecule has 33 heavy (non-hydrogen) atoms. The van der Waals surface area contributed by atoms with Gasteiger partial charge in [-0.05, 0) is 68.8 Å². The van der Waals surface area contributed by atoms with E-state index in [0.717, 1.165) is 10.6 Å². The lowest BCUT2D eigenvalue weighted by Gasteiger charge is -2.21. The molecule has 2 aromatic rings. The van der Waals surface area contributed by atoms with Crippen LogP contribution >= 0.6 is 15.9 Å². The third-order valence-electron chi connectivity index (χ3n) is 3.84. The van der Waals surface area contributed by atoms with Gasteiger partial charge in [-0.2, -0.15) is 5.10 Å². The van der Waals surface area contributed by atoms with E-state index in [4.69, 9.17) is 9.47 Å². The maximum atomic E-state index is 12.2. The van der Waals surface area contributed by atoms with Crippen molar-refractivity contribution in [3.63, 3.8) is 0 Å². The number of hydrogen-bond acceptors (Lipinski definition) is 7. The Morgan fingerprint density at radius 3 is 2.39 bits per heavy atom. The smallest absolute Gasteiger partial charge is 0.344 e. The van der Waals surface area contributed by atoms with E-state index < -0.39 is 34.0 Å². The van der Waals surface area contributed by atoms with Crippen LogP contribution in [0, 0.1) is 0 Å². The van der Waals surface area contributed by atoms with Crippen LogP contribution in [-0.4, -0.2) is 51.5 Å². The molecule has 0 spiro atoms. The standard InChI is InChI=1S/C22H26BrN3O6S/c1-22(2,3)32-21(28)15-31-19-10-8-16(9-11-19)13-24-25-20(27)14-26(33(4,29)30)18-7-5-6-17(23)12-18/h5-13H,14-15H2,1-4H3,(H,25,27)/b24-13-. The first-order valence-corrected chi connectivity index (χ1v) is 12.5. The van der Waals surface area contributed by atoms with E-state index in [-0.39, 0.29) is 6.61 Å². The molecule has 0 heterocycles. The molecule has 0 bridgehead atoms. The van der Waals surface area contributed by atoms with Crippen LogP contribution < -0.4 is 14.5 Å². The van der Waals surface area contributed by atoms with Crippen molar-refractivity contribution in [2.24, 2.45) is 5.10 Å². The number of ether oxygens (including phenoxy) is 2. The number of halogens is 1. The number of nitrogens with one attached hydrogen (secondary N) is 1. The van der Waals surface area contributed by atoms with Crippen LogP contribution in [0.3, 0.4) is 0 Å². The Morgan fingerprint density at radius 2 is 1.82 bits per heavy atom. The molecule has 2 aromatic carbocycles. The van der Waals surface area contributed by atoms with Crippen LogP contribution in [0.25, 0.3) is 0 Å². The predicted molar refractivity (Wildman–Crippen MR) is 130 cm³/mol. The highest BCUT2D eigenvalue weighted by Crippen LogP contribution is 2.21. The summed E-state index contributed by atoms with van der Waals surface area (Å²) in [5.74, 6) is -0.601. The lowest BCUT2D eigenvalue weighted by atomic mass is 10.2. The van der Waals surface area contributed by atoms with Gasteiger partial charge in [0.2, 0.25) is 10.0 Å². The summed E-state index contributed by atoms with van der Waals surface area (Å²) in [6, 6.07) is 13.3. The van der Waals surface area contributed by atoms with Crippen LogP contribution in [0.2, 0.25) is 0 Å². The first kappa shape index (κ1) is 26.3. The van der Waals surface area contributed by atoms with Crippen LogP contribution in [0.5, 0.6) is 5.75 Å². The fourth-order valence-electron chi connectivity index (χ4n) is 2.54. The molecule has 0 aliphatic heterocycles. The van der Waals surface area contributed by atoms with E-state index in [1.807, 2.05) is 0 Å².